The molecule has 0 radical (unpaired) electrons. The number of nitrogens with one attached hydrogen (secondary N) is 1. The molecule has 0 saturated heterocycles. The predicted molar refractivity (Wildman–Crippen MR) is 47.0 cm³/mol. The molecule has 0 aliphatic rings. The van der Waals surface area contributed by atoms with Gasteiger partial charge in [0.2, 0.25) is 0 Å². The Kier molecular flexibility index (Phi) is 5.77. The molecule has 0 aromatic carbocycles. The number of carbonyl (C=O) groups excluding carboxylic acids is 2. The molecule has 0 aliphatic carbocycles. The molecule has 76 valence electrons. The Hall–Kier alpha value is -0.520. The van der Waals surface area contributed by atoms with E-state index in [9.17, 15) is 18.4 Å². The molecule has 0 heterocycles. The minimum absolute atomic E-state index is 0.0480. The van der Waals surface area contributed by atoms with Crippen LogP contribution in [0.3, 0.4) is 0 Å². The van der Waals surface area contributed by atoms with Crippen LogP contribution in [0.2, 0.25) is 0 Å². The molecule has 1 N–H and O–H groups in total. The Labute approximate surface area is 83.0 Å². The molecule has 0 aromatic heterocycles. The number of rotatable bonds is 5. The molecule has 13 heavy (non-hydrogen) atoms. The van der Waals surface area contributed by atoms with Crippen LogP contribution in [0.25, 0.3) is 0 Å². The van der Waals surface area contributed by atoms with E-state index >= 15 is 0 Å². The van der Waals surface area contributed by atoms with Crippen LogP contribution in [-0.2, 0) is 9.59 Å². The fourth-order valence-corrected chi connectivity index (χ4v) is 1.13. The monoisotopic (exact) mass is 257 g/mol. The summed E-state index contributed by atoms with van der Waals surface area (Å²) in [6, 6.07) is 0. The molecular weight excluding hydrogens is 248 g/mol. The van der Waals surface area contributed by atoms with Crippen molar-refractivity contribution in [2.45, 2.75) is 13.3 Å². The lowest BCUT2D eigenvalue weighted by atomic mass is 10.1. The summed E-state index contributed by atoms with van der Waals surface area (Å²) in [7, 11) is 0. The maximum atomic E-state index is 11.7. The van der Waals surface area contributed by atoms with Crippen LogP contribution < -0.4 is 5.32 Å². The molecule has 1 atom stereocenters. The van der Waals surface area contributed by atoms with Gasteiger partial charge in [-0.25, -0.2) is 0 Å². The first-order valence-corrected chi connectivity index (χ1v) is 4.75. The summed E-state index contributed by atoms with van der Waals surface area (Å²) in [4.78, 5) is 21.3. The third kappa shape index (κ3) is 4.92. The van der Waals surface area contributed by atoms with E-state index in [0.29, 0.717) is 0 Å². The van der Waals surface area contributed by atoms with Crippen LogP contribution in [0.1, 0.15) is 6.92 Å². The van der Waals surface area contributed by atoms with Gasteiger partial charge in [-0.3, -0.25) is 9.59 Å². The van der Waals surface area contributed by atoms with E-state index in [4.69, 9.17) is 0 Å². The van der Waals surface area contributed by atoms with Gasteiger partial charge in [0.15, 0.2) is 0 Å². The first-order chi connectivity index (χ1) is 5.99. The highest BCUT2D eigenvalue weighted by atomic mass is 79.9. The molecule has 1 unspecified atom stereocenters. The number of amides is 1. The summed E-state index contributed by atoms with van der Waals surface area (Å²) in [5, 5.41) is 2.13. The topological polar surface area (TPSA) is 46.2 Å². The Morgan fingerprint density at radius 2 is 2.00 bits per heavy atom. The highest BCUT2D eigenvalue weighted by molar-refractivity contribution is 9.09. The Morgan fingerprint density at radius 1 is 1.46 bits per heavy atom. The lowest BCUT2D eigenvalue weighted by Gasteiger charge is -2.09. The van der Waals surface area contributed by atoms with Gasteiger partial charge in [-0.2, -0.15) is 8.78 Å². The first-order valence-electron chi connectivity index (χ1n) is 3.63. The van der Waals surface area contributed by atoms with E-state index in [2.05, 4.69) is 15.9 Å². The van der Waals surface area contributed by atoms with Crippen molar-refractivity contribution in [3.8, 4) is 0 Å². The summed E-state index contributed by atoms with van der Waals surface area (Å²) in [5.74, 6) is -1.91. The summed E-state index contributed by atoms with van der Waals surface area (Å²) in [6.07, 6.45) is -3.02. The first kappa shape index (κ1) is 12.5. The van der Waals surface area contributed by atoms with E-state index in [1.54, 1.807) is 6.92 Å². The number of ketones is 1. The second-order valence-electron chi connectivity index (χ2n) is 2.55. The third-order valence-electron chi connectivity index (χ3n) is 1.46. The zero-order valence-corrected chi connectivity index (χ0v) is 8.61. The summed E-state index contributed by atoms with van der Waals surface area (Å²) in [5.41, 5.74) is 0. The molecule has 1 amide bonds. The van der Waals surface area contributed by atoms with Crippen LogP contribution >= 0.6 is 15.9 Å². The number of hydrogen-bond donors (Lipinski definition) is 1. The van der Waals surface area contributed by atoms with Crippen LogP contribution in [0.15, 0.2) is 0 Å². The number of carbonyl (C=O) groups is 2. The van der Waals surface area contributed by atoms with Crippen molar-refractivity contribution in [3.05, 3.63) is 0 Å². The summed E-state index contributed by atoms with van der Waals surface area (Å²) in [6.45, 7) is 1.52. The minimum atomic E-state index is -3.02. The van der Waals surface area contributed by atoms with Crippen molar-refractivity contribution in [1.29, 1.82) is 0 Å². The second-order valence-corrected chi connectivity index (χ2v) is 3.11. The van der Waals surface area contributed by atoms with Gasteiger partial charge >= 0.3 is 6.43 Å². The highest BCUT2D eigenvalue weighted by Gasteiger charge is 2.17. The van der Waals surface area contributed by atoms with E-state index in [1.807, 2.05) is 5.32 Å². The fourth-order valence-electron chi connectivity index (χ4n) is 0.576. The van der Waals surface area contributed by atoms with E-state index < -0.39 is 18.3 Å². The Balaban J connectivity index is 3.76. The standard InChI is InChI=1S/C7H10BrF2NO2/c1-4(5(12)2-8)3-11-7(13)6(9)10/h4,6H,2-3H2,1H3,(H,11,13). The lowest BCUT2D eigenvalue weighted by molar-refractivity contribution is -0.132. The van der Waals surface area contributed by atoms with Crippen molar-refractivity contribution < 1.29 is 18.4 Å². The summed E-state index contributed by atoms with van der Waals surface area (Å²) >= 11 is 2.94. The number of alkyl halides is 3. The van der Waals surface area contributed by atoms with Crippen LogP contribution in [0.4, 0.5) is 8.78 Å². The van der Waals surface area contributed by atoms with E-state index in [1.165, 1.54) is 0 Å². The third-order valence-corrected chi connectivity index (χ3v) is 2.01. The zero-order valence-electron chi connectivity index (χ0n) is 7.02. The quantitative estimate of drug-likeness (QED) is 0.747. The fraction of sp³-hybridized carbons (Fsp3) is 0.714. The van der Waals surface area contributed by atoms with Crippen molar-refractivity contribution in [2.24, 2.45) is 5.92 Å². The van der Waals surface area contributed by atoms with Crippen molar-refractivity contribution >= 4 is 27.6 Å². The molecule has 0 aliphatic heterocycles. The predicted octanol–water partition coefficient (Wildman–Crippen LogP) is 0.968. The van der Waals surface area contributed by atoms with Crippen molar-refractivity contribution in [1.82, 2.24) is 5.32 Å². The Bertz CT molecular complexity index is 199. The minimum Gasteiger partial charge on any atom is -0.350 e. The molecular formula is C7H10BrF2NO2. The SMILES string of the molecule is CC(CNC(=O)C(F)F)C(=O)CBr. The Morgan fingerprint density at radius 3 is 2.38 bits per heavy atom. The normalized spacial score (nSPS) is 12.7. The number of halogens is 3. The van der Waals surface area contributed by atoms with Gasteiger partial charge in [0, 0.05) is 12.5 Å². The van der Waals surface area contributed by atoms with E-state index in [0.717, 1.165) is 0 Å². The molecule has 0 rings (SSSR count). The second kappa shape index (κ2) is 6.01. The molecule has 3 nitrogen and oxygen atoms in total. The van der Waals surface area contributed by atoms with Gasteiger partial charge in [-0.15, -0.1) is 0 Å². The largest absolute Gasteiger partial charge is 0.350 e. The van der Waals surface area contributed by atoms with Crippen molar-refractivity contribution in [3.63, 3.8) is 0 Å². The van der Waals surface area contributed by atoms with Gasteiger partial charge < -0.3 is 5.32 Å². The van der Waals surface area contributed by atoms with Crippen LogP contribution in [-0.4, -0.2) is 30.0 Å². The summed E-state index contributed by atoms with van der Waals surface area (Å²) < 4.78 is 23.3. The average Bonchev–Trinajstić information content (AvgIpc) is 2.11. The maximum Gasteiger partial charge on any atom is 0.315 e. The molecule has 0 spiro atoms. The molecule has 0 bridgehead atoms. The van der Waals surface area contributed by atoms with E-state index in [-0.39, 0.29) is 17.7 Å². The van der Waals surface area contributed by atoms with Gasteiger partial charge in [0.25, 0.3) is 5.91 Å². The number of hydrogen-bond acceptors (Lipinski definition) is 2. The van der Waals surface area contributed by atoms with Crippen LogP contribution in [0.5, 0.6) is 0 Å². The molecule has 0 saturated carbocycles. The smallest absolute Gasteiger partial charge is 0.315 e. The average molecular weight is 258 g/mol. The van der Waals surface area contributed by atoms with Crippen LogP contribution in [0, 0.1) is 5.92 Å². The molecule has 0 fully saturated rings. The van der Waals surface area contributed by atoms with Gasteiger partial charge in [0.1, 0.15) is 5.78 Å². The van der Waals surface area contributed by atoms with Gasteiger partial charge in [-0.1, -0.05) is 22.9 Å². The van der Waals surface area contributed by atoms with Gasteiger partial charge in [0.05, 0.1) is 5.33 Å². The zero-order chi connectivity index (χ0) is 10.4. The number of Topliss-reactive ketones (excluding diaryl/α,β-unsaturated/α-hetero) is 1. The van der Waals surface area contributed by atoms with Crippen molar-refractivity contribution in [2.75, 3.05) is 11.9 Å². The molecule has 6 heteroatoms. The molecule has 0 aromatic rings. The highest BCUT2D eigenvalue weighted by Crippen LogP contribution is 1.99. The van der Waals surface area contributed by atoms with Gasteiger partial charge in [-0.05, 0) is 0 Å². The maximum absolute atomic E-state index is 11.7. The lowest BCUT2D eigenvalue weighted by Crippen LogP contribution is -2.35.